The zero-order valence-electron chi connectivity index (χ0n) is 14.7. The fourth-order valence-electron chi connectivity index (χ4n) is 3.29. The topological polar surface area (TPSA) is 66.3 Å². The van der Waals surface area contributed by atoms with Crippen LogP contribution in [0, 0.1) is 12.8 Å². The first-order chi connectivity index (χ1) is 12.2. The van der Waals surface area contributed by atoms with Crippen LogP contribution in [0.5, 0.6) is 0 Å². The smallest absolute Gasteiger partial charge is 0.136 e. The molecular weight excluding hydrogens is 314 g/mol. The second-order valence-corrected chi connectivity index (χ2v) is 6.68. The molecule has 0 unspecified atom stereocenters. The van der Waals surface area contributed by atoms with Crippen LogP contribution in [0.15, 0.2) is 36.7 Å². The van der Waals surface area contributed by atoms with Crippen molar-refractivity contribution in [2.24, 2.45) is 5.92 Å². The average Bonchev–Trinajstić information content (AvgIpc) is 2.67. The van der Waals surface area contributed by atoms with Crippen molar-refractivity contribution in [3.05, 3.63) is 42.2 Å². The molecule has 1 aromatic carbocycles. The van der Waals surface area contributed by atoms with Crippen LogP contribution >= 0.6 is 0 Å². The highest BCUT2D eigenvalue weighted by Crippen LogP contribution is 2.26. The fourth-order valence-corrected chi connectivity index (χ4v) is 3.29. The van der Waals surface area contributed by atoms with Gasteiger partial charge in [-0.15, -0.1) is 0 Å². The van der Waals surface area contributed by atoms with Gasteiger partial charge in [-0.2, -0.15) is 0 Å². The molecule has 1 saturated heterocycles. The molecular formula is C20H25N3O2. The van der Waals surface area contributed by atoms with Crippen molar-refractivity contribution in [3.63, 3.8) is 0 Å². The van der Waals surface area contributed by atoms with Gasteiger partial charge >= 0.3 is 0 Å². The number of hydrogen-bond acceptors (Lipinski definition) is 5. The van der Waals surface area contributed by atoms with Gasteiger partial charge in [-0.05, 0) is 26.2 Å². The maximum Gasteiger partial charge on any atom is 0.136 e. The summed E-state index contributed by atoms with van der Waals surface area (Å²) in [5.74, 6) is 1.34. The summed E-state index contributed by atoms with van der Waals surface area (Å²) in [5.41, 5.74) is 3.24. The van der Waals surface area contributed by atoms with Gasteiger partial charge in [-0.25, -0.2) is 9.97 Å². The second-order valence-electron chi connectivity index (χ2n) is 6.68. The van der Waals surface area contributed by atoms with E-state index in [0.717, 1.165) is 43.0 Å². The van der Waals surface area contributed by atoms with Crippen LogP contribution in [0.1, 0.15) is 31.2 Å². The molecule has 0 atom stereocenters. The van der Waals surface area contributed by atoms with Crippen LogP contribution in [-0.2, 0) is 4.79 Å². The highest BCUT2D eigenvalue weighted by atomic mass is 16.3. The molecule has 0 amide bonds. The zero-order chi connectivity index (χ0) is 17.6. The average molecular weight is 339 g/mol. The Morgan fingerprint density at radius 2 is 1.92 bits per heavy atom. The Balaban J connectivity index is 1.65. The second kappa shape index (κ2) is 8.21. The van der Waals surface area contributed by atoms with E-state index in [1.807, 2.05) is 6.07 Å². The van der Waals surface area contributed by atoms with Crippen molar-refractivity contribution in [2.75, 3.05) is 24.6 Å². The monoisotopic (exact) mass is 339 g/mol. The van der Waals surface area contributed by atoms with Gasteiger partial charge in [-0.1, -0.05) is 29.8 Å². The number of benzene rings is 1. The van der Waals surface area contributed by atoms with Gasteiger partial charge in [0.05, 0.1) is 5.69 Å². The predicted molar refractivity (Wildman–Crippen MR) is 98.5 cm³/mol. The molecule has 25 heavy (non-hydrogen) atoms. The maximum absolute atomic E-state index is 12.1. The Morgan fingerprint density at radius 3 is 2.60 bits per heavy atom. The summed E-state index contributed by atoms with van der Waals surface area (Å²) in [6.07, 6.45) is 4.39. The predicted octanol–water partition coefficient (Wildman–Crippen LogP) is 3.01. The number of carbonyl (C=O) groups is 1. The summed E-state index contributed by atoms with van der Waals surface area (Å²) >= 11 is 0. The summed E-state index contributed by atoms with van der Waals surface area (Å²) in [4.78, 5) is 23.2. The molecule has 5 nitrogen and oxygen atoms in total. The van der Waals surface area contributed by atoms with Gasteiger partial charge in [-0.3, -0.25) is 4.79 Å². The number of Topliss-reactive ketones (excluding diaryl/α,β-unsaturated/α-hetero) is 1. The lowest BCUT2D eigenvalue weighted by atomic mass is 9.90. The minimum absolute atomic E-state index is 0.0906. The van der Waals surface area contributed by atoms with Crippen LogP contribution in [0.3, 0.4) is 0 Å². The number of piperidine rings is 1. The number of aliphatic hydroxyl groups excluding tert-OH is 1. The van der Waals surface area contributed by atoms with Crippen LogP contribution in [0.2, 0.25) is 0 Å². The summed E-state index contributed by atoms with van der Waals surface area (Å²) in [6, 6.07) is 10.3. The molecule has 132 valence electrons. The highest BCUT2D eigenvalue weighted by molar-refractivity contribution is 5.81. The summed E-state index contributed by atoms with van der Waals surface area (Å²) in [5, 5.41) is 8.86. The van der Waals surface area contributed by atoms with Crippen molar-refractivity contribution >= 4 is 11.6 Å². The summed E-state index contributed by atoms with van der Waals surface area (Å²) in [6.45, 7) is 3.83. The van der Waals surface area contributed by atoms with E-state index in [-0.39, 0.29) is 18.3 Å². The van der Waals surface area contributed by atoms with Gasteiger partial charge < -0.3 is 10.0 Å². The SMILES string of the molecule is Cc1ccc(-c2cc(N3CCC(C(=O)CCCO)CC3)ncn2)cc1. The van der Waals surface area contributed by atoms with E-state index in [4.69, 9.17) is 5.11 Å². The fraction of sp³-hybridized carbons (Fsp3) is 0.450. The lowest BCUT2D eigenvalue weighted by Crippen LogP contribution is -2.36. The first kappa shape index (κ1) is 17.5. The molecule has 0 radical (unpaired) electrons. The summed E-state index contributed by atoms with van der Waals surface area (Å²) < 4.78 is 0. The van der Waals surface area contributed by atoms with Crippen molar-refractivity contribution in [2.45, 2.75) is 32.6 Å². The van der Waals surface area contributed by atoms with E-state index in [0.29, 0.717) is 12.8 Å². The number of rotatable bonds is 6. The Hall–Kier alpha value is -2.27. The third kappa shape index (κ3) is 4.42. The number of anilines is 1. The number of aryl methyl sites for hydroxylation is 1. The highest BCUT2D eigenvalue weighted by Gasteiger charge is 2.25. The minimum Gasteiger partial charge on any atom is -0.396 e. The molecule has 1 aliphatic rings. The van der Waals surface area contributed by atoms with Crippen molar-refractivity contribution in [1.82, 2.24) is 9.97 Å². The zero-order valence-corrected chi connectivity index (χ0v) is 14.7. The Bertz CT molecular complexity index is 707. The number of carbonyl (C=O) groups excluding carboxylic acids is 1. The van der Waals surface area contributed by atoms with Crippen LogP contribution in [0.4, 0.5) is 5.82 Å². The molecule has 1 aromatic heterocycles. The van der Waals surface area contributed by atoms with E-state index >= 15 is 0 Å². The third-order valence-corrected chi connectivity index (χ3v) is 4.86. The molecule has 0 bridgehead atoms. The van der Waals surface area contributed by atoms with Crippen LogP contribution < -0.4 is 4.90 Å². The van der Waals surface area contributed by atoms with E-state index < -0.39 is 0 Å². The normalized spacial score (nSPS) is 15.4. The van der Waals surface area contributed by atoms with Crippen LogP contribution in [0.25, 0.3) is 11.3 Å². The van der Waals surface area contributed by atoms with Gasteiger partial charge in [0.15, 0.2) is 0 Å². The summed E-state index contributed by atoms with van der Waals surface area (Å²) in [7, 11) is 0. The molecule has 3 rings (SSSR count). The minimum atomic E-state index is 0.0906. The number of ketones is 1. The third-order valence-electron chi connectivity index (χ3n) is 4.86. The lowest BCUT2D eigenvalue weighted by molar-refractivity contribution is -0.123. The number of aliphatic hydroxyl groups is 1. The molecule has 1 N–H and O–H groups in total. The molecule has 1 aliphatic heterocycles. The molecule has 0 aliphatic carbocycles. The van der Waals surface area contributed by atoms with E-state index in [1.165, 1.54) is 5.56 Å². The molecule has 0 saturated carbocycles. The Labute approximate surface area is 148 Å². The quantitative estimate of drug-likeness (QED) is 0.876. The van der Waals surface area contributed by atoms with Gasteiger partial charge in [0.25, 0.3) is 0 Å². The Kier molecular flexibility index (Phi) is 5.76. The molecule has 1 fully saturated rings. The maximum atomic E-state index is 12.1. The largest absolute Gasteiger partial charge is 0.396 e. The molecule has 2 heterocycles. The van der Waals surface area contributed by atoms with Crippen LogP contribution in [-0.4, -0.2) is 40.6 Å². The lowest BCUT2D eigenvalue weighted by Gasteiger charge is -2.32. The van der Waals surface area contributed by atoms with Crippen molar-refractivity contribution in [3.8, 4) is 11.3 Å². The molecule has 0 spiro atoms. The van der Waals surface area contributed by atoms with Gasteiger partial charge in [0.1, 0.15) is 17.9 Å². The number of hydrogen-bond donors (Lipinski definition) is 1. The molecule has 2 aromatic rings. The first-order valence-corrected chi connectivity index (χ1v) is 8.95. The van der Waals surface area contributed by atoms with E-state index in [9.17, 15) is 4.79 Å². The van der Waals surface area contributed by atoms with E-state index in [2.05, 4.69) is 46.1 Å². The molecule has 5 heteroatoms. The Morgan fingerprint density at radius 1 is 1.20 bits per heavy atom. The van der Waals surface area contributed by atoms with Crippen molar-refractivity contribution in [1.29, 1.82) is 0 Å². The van der Waals surface area contributed by atoms with Gasteiger partial charge in [0.2, 0.25) is 0 Å². The number of nitrogens with zero attached hydrogens (tertiary/aromatic N) is 3. The van der Waals surface area contributed by atoms with Gasteiger partial charge in [0, 0.05) is 43.7 Å². The van der Waals surface area contributed by atoms with Crippen molar-refractivity contribution < 1.29 is 9.90 Å². The number of aromatic nitrogens is 2. The first-order valence-electron chi connectivity index (χ1n) is 8.95. The standard InChI is InChI=1S/C20H25N3O2/c1-15-4-6-16(7-5-15)18-13-20(22-14-21-18)23-10-8-17(9-11-23)19(25)3-2-12-24/h4-7,13-14,17,24H,2-3,8-12H2,1H3. The van der Waals surface area contributed by atoms with E-state index in [1.54, 1.807) is 6.33 Å².